The van der Waals surface area contributed by atoms with E-state index in [2.05, 4.69) is 11.1 Å². The number of aromatic hydroxyl groups is 1. The van der Waals surface area contributed by atoms with E-state index in [0.717, 1.165) is 16.2 Å². The Morgan fingerprint density at radius 2 is 2.03 bits per heavy atom. The summed E-state index contributed by atoms with van der Waals surface area (Å²) in [5.74, 6) is 0.374. The number of nitriles is 1. The molecule has 0 saturated carbocycles. The summed E-state index contributed by atoms with van der Waals surface area (Å²) in [6.07, 6.45) is 1.67. The molecule has 2 aromatic heterocycles. The number of ether oxygens (including phenoxy) is 1. The van der Waals surface area contributed by atoms with E-state index in [4.69, 9.17) is 9.15 Å². The molecular formula is C27H18N2O4S. The zero-order chi connectivity index (χ0) is 23.7. The van der Waals surface area contributed by atoms with Crippen molar-refractivity contribution in [2.45, 2.75) is 6.92 Å². The Hall–Kier alpha value is -4.41. The second kappa shape index (κ2) is 8.85. The molecule has 0 radical (unpaired) electrons. The first kappa shape index (κ1) is 21.4. The van der Waals surface area contributed by atoms with Crippen LogP contribution in [0.1, 0.15) is 17.5 Å². The topological polar surface area (TPSA) is 96.4 Å². The lowest BCUT2D eigenvalue weighted by molar-refractivity contribution is 0.318. The third-order valence-electron chi connectivity index (χ3n) is 5.37. The maximum Gasteiger partial charge on any atom is 0.345 e. The molecule has 0 aliphatic rings. The minimum absolute atomic E-state index is 0.0320. The number of aromatic nitrogens is 1. The number of thiazole rings is 1. The van der Waals surface area contributed by atoms with Crippen LogP contribution in [0.25, 0.3) is 44.6 Å². The predicted octanol–water partition coefficient (Wildman–Crippen LogP) is 6.24. The largest absolute Gasteiger partial charge is 0.504 e. The van der Waals surface area contributed by atoms with Crippen molar-refractivity contribution in [1.29, 1.82) is 5.26 Å². The zero-order valence-electron chi connectivity index (χ0n) is 18.1. The molecule has 0 unspecified atom stereocenters. The SMILES string of the molecule is CCOc1cc(C=C(C#N)c2nc(-c3cc4c(ccc5ccccc54)oc3=O)cs2)ccc1O. The third-order valence-corrected chi connectivity index (χ3v) is 6.24. The van der Waals surface area contributed by atoms with Gasteiger partial charge in [-0.25, -0.2) is 9.78 Å². The second-order valence-electron chi connectivity index (χ2n) is 7.51. The van der Waals surface area contributed by atoms with Crippen LogP contribution in [0.3, 0.4) is 0 Å². The van der Waals surface area contributed by atoms with E-state index in [-0.39, 0.29) is 5.75 Å². The molecule has 7 heteroatoms. The number of nitrogens with zero attached hydrogens (tertiary/aromatic N) is 2. The Balaban J connectivity index is 1.57. The highest BCUT2D eigenvalue weighted by molar-refractivity contribution is 7.11. The number of phenolic OH excluding ortho intramolecular Hbond substituents is 1. The third kappa shape index (κ3) is 3.91. The second-order valence-corrected chi connectivity index (χ2v) is 8.37. The van der Waals surface area contributed by atoms with Gasteiger partial charge in [-0.2, -0.15) is 5.26 Å². The lowest BCUT2D eigenvalue weighted by Crippen LogP contribution is -2.03. The zero-order valence-corrected chi connectivity index (χ0v) is 18.9. The Morgan fingerprint density at radius 1 is 1.18 bits per heavy atom. The summed E-state index contributed by atoms with van der Waals surface area (Å²) in [7, 11) is 0. The van der Waals surface area contributed by atoms with E-state index >= 15 is 0 Å². The van der Waals surface area contributed by atoms with Crippen LogP contribution in [0, 0.1) is 11.3 Å². The molecule has 0 spiro atoms. The van der Waals surface area contributed by atoms with Crippen molar-refractivity contribution >= 4 is 44.7 Å². The van der Waals surface area contributed by atoms with E-state index < -0.39 is 5.63 Å². The summed E-state index contributed by atoms with van der Waals surface area (Å²) in [5, 5.41) is 24.7. The van der Waals surface area contributed by atoms with Gasteiger partial charge in [-0.1, -0.05) is 36.4 Å². The monoisotopic (exact) mass is 466 g/mol. The van der Waals surface area contributed by atoms with Crippen molar-refractivity contribution < 1.29 is 14.3 Å². The van der Waals surface area contributed by atoms with Crippen molar-refractivity contribution in [3.05, 3.63) is 87.0 Å². The maximum atomic E-state index is 12.7. The van der Waals surface area contributed by atoms with E-state index in [9.17, 15) is 15.2 Å². The molecule has 5 rings (SSSR count). The van der Waals surface area contributed by atoms with Crippen LogP contribution in [-0.2, 0) is 0 Å². The molecule has 0 bridgehead atoms. The quantitative estimate of drug-likeness (QED) is 0.187. The number of benzene rings is 3. The van der Waals surface area contributed by atoms with Gasteiger partial charge in [0.15, 0.2) is 11.5 Å². The number of rotatable bonds is 5. The van der Waals surface area contributed by atoms with Crippen LogP contribution < -0.4 is 10.4 Å². The van der Waals surface area contributed by atoms with Crippen LogP contribution in [0.5, 0.6) is 11.5 Å². The highest BCUT2D eigenvalue weighted by atomic mass is 32.1. The predicted molar refractivity (Wildman–Crippen MR) is 134 cm³/mol. The van der Waals surface area contributed by atoms with Gasteiger partial charge in [0, 0.05) is 10.8 Å². The molecule has 1 N–H and O–H groups in total. The number of hydrogen-bond donors (Lipinski definition) is 1. The molecule has 3 aromatic carbocycles. The first-order chi connectivity index (χ1) is 16.6. The lowest BCUT2D eigenvalue weighted by atomic mass is 10.0. The lowest BCUT2D eigenvalue weighted by Gasteiger charge is -2.06. The minimum atomic E-state index is -0.484. The molecule has 0 atom stereocenters. The summed E-state index contributed by atoms with van der Waals surface area (Å²) >= 11 is 1.27. The summed E-state index contributed by atoms with van der Waals surface area (Å²) in [6, 6.07) is 20.4. The average Bonchev–Trinajstić information content (AvgIpc) is 3.34. The Labute approximate surface area is 198 Å². The normalized spacial score (nSPS) is 11.6. The first-order valence-electron chi connectivity index (χ1n) is 10.6. The van der Waals surface area contributed by atoms with Crippen LogP contribution >= 0.6 is 11.3 Å². The first-order valence-corrected chi connectivity index (χ1v) is 11.4. The number of fused-ring (bicyclic) bond motifs is 3. The Bertz CT molecular complexity index is 1670. The van der Waals surface area contributed by atoms with Gasteiger partial charge in [0.1, 0.15) is 16.7 Å². The van der Waals surface area contributed by atoms with Gasteiger partial charge in [-0.05, 0) is 53.6 Å². The minimum Gasteiger partial charge on any atom is -0.504 e. The standard InChI is InChI=1S/C27H18N2O4S/c1-2-32-25-12-16(7-9-23(25)30)11-18(14-28)26-29-22(15-34-26)21-13-20-19-6-4-3-5-17(19)8-10-24(20)33-27(21)31/h3-13,15,30H,2H2,1H3. The van der Waals surface area contributed by atoms with Crippen LogP contribution in [0.15, 0.2) is 75.3 Å². The molecule has 0 saturated heterocycles. The molecule has 0 amide bonds. The van der Waals surface area contributed by atoms with Crippen molar-refractivity contribution in [3.63, 3.8) is 0 Å². The van der Waals surface area contributed by atoms with Crippen molar-refractivity contribution in [3.8, 4) is 28.8 Å². The number of hydrogen-bond acceptors (Lipinski definition) is 7. The smallest absolute Gasteiger partial charge is 0.345 e. The van der Waals surface area contributed by atoms with Crippen LogP contribution in [-0.4, -0.2) is 16.7 Å². The van der Waals surface area contributed by atoms with E-state index in [1.165, 1.54) is 17.4 Å². The molecule has 0 aliphatic carbocycles. The van der Waals surface area contributed by atoms with Crippen LogP contribution in [0.4, 0.5) is 0 Å². The molecular weight excluding hydrogens is 448 g/mol. The van der Waals surface area contributed by atoms with Gasteiger partial charge in [-0.3, -0.25) is 0 Å². The van der Waals surface area contributed by atoms with E-state index in [1.54, 1.807) is 35.7 Å². The van der Waals surface area contributed by atoms with Crippen molar-refractivity contribution in [2.24, 2.45) is 0 Å². The number of phenols is 1. The van der Waals surface area contributed by atoms with Crippen molar-refractivity contribution in [1.82, 2.24) is 4.98 Å². The van der Waals surface area contributed by atoms with Crippen LogP contribution in [0.2, 0.25) is 0 Å². The van der Waals surface area contributed by atoms with Crippen molar-refractivity contribution in [2.75, 3.05) is 6.61 Å². The highest BCUT2D eigenvalue weighted by Gasteiger charge is 2.15. The molecule has 6 nitrogen and oxygen atoms in total. The molecule has 166 valence electrons. The summed E-state index contributed by atoms with van der Waals surface area (Å²) < 4.78 is 11.0. The number of allylic oxidation sites excluding steroid dienone is 1. The average molecular weight is 467 g/mol. The molecule has 5 aromatic rings. The molecule has 2 heterocycles. The van der Waals surface area contributed by atoms with Gasteiger partial charge in [-0.15, -0.1) is 11.3 Å². The fraction of sp³-hybridized carbons (Fsp3) is 0.0741. The summed E-state index contributed by atoms with van der Waals surface area (Å²) in [5.41, 5.74) is 1.84. The van der Waals surface area contributed by atoms with E-state index in [0.29, 0.717) is 45.3 Å². The maximum absolute atomic E-state index is 12.7. The van der Waals surface area contributed by atoms with Gasteiger partial charge in [0.2, 0.25) is 0 Å². The Morgan fingerprint density at radius 3 is 2.85 bits per heavy atom. The molecule has 0 fully saturated rings. The summed E-state index contributed by atoms with van der Waals surface area (Å²) in [6.45, 7) is 2.23. The summed E-state index contributed by atoms with van der Waals surface area (Å²) in [4.78, 5) is 17.3. The van der Waals surface area contributed by atoms with E-state index in [1.807, 2.05) is 37.3 Å². The molecule has 0 aliphatic heterocycles. The van der Waals surface area contributed by atoms with Gasteiger partial charge in [0.25, 0.3) is 0 Å². The molecule has 34 heavy (non-hydrogen) atoms. The fourth-order valence-corrected chi connectivity index (χ4v) is 4.56. The highest BCUT2D eigenvalue weighted by Crippen LogP contribution is 2.32. The van der Waals surface area contributed by atoms with Gasteiger partial charge < -0.3 is 14.3 Å². The fourth-order valence-electron chi connectivity index (χ4n) is 3.77. The Kier molecular flexibility index (Phi) is 5.58. The van der Waals surface area contributed by atoms with Gasteiger partial charge in [0.05, 0.1) is 23.4 Å². The van der Waals surface area contributed by atoms with Gasteiger partial charge >= 0.3 is 5.63 Å².